The number of aryl methyl sites for hydroxylation is 1. The third-order valence-electron chi connectivity index (χ3n) is 3.42. The van der Waals surface area contributed by atoms with Gasteiger partial charge in [-0.15, -0.1) is 11.3 Å². The summed E-state index contributed by atoms with van der Waals surface area (Å²) in [5.74, 6) is 0.146. The van der Waals surface area contributed by atoms with Crippen LogP contribution in [-0.4, -0.2) is 17.4 Å². The summed E-state index contributed by atoms with van der Waals surface area (Å²) in [6.07, 6.45) is 2.10. The largest absolute Gasteiger partial charge is 0.334 e. The lowest BCUT2D eigenvalue weighted by Gasteiger charge is -2.20. The number of fused-ring (bicyclic) bond motifs is 1. The lowest BCUT2D eigenvalue weighted by atomic mass is 10.0. The molecule has 1 aliphatic rings. The summed E-state index contributed by atoms with van der Waals surface area (Å²) < 4.78 is 1.01. The molecule has 19 heavy (non-hydrogen) atoms. The molecule has 0 saturated carbocycles. The molecule has 1 amide bonds. The maximum absolute atomic E-state index is 12.5. The van der Waals surface area contributed by atoms with Crippen molar-refractivity contribution in [2.75, 3.05) is 6.54 Å². The first-order chi connectivity index (χ1) is 9.24. The van der Waals surface area contributed by atoms with Gasteiger partial charge in [0.1, 0.15) is 0 Å². The molecule has 1 aromatic carbocycles. The minimum atomic E-state index is 0.146. The molecule has 2 nitrogen and oxygen atoms in total. The third-order valence-corrected chi connectivity index (χ3v) is 5.04. The molecule has 0 bridgehead atoms. The second kappa shape index (κ2) is 5.47. The summed E-state index contributed by atoms with van der Waals surface area (Å²) in [6.45, 7) is 1.56. The normalized spacial score (nSPS) is 14.9. The minimum absolute atomic E-state index is 0.146. The fourth-order valence-electron chi connectivity index (χ4n) is 2.46. The van der Waals surface area contributed by atoms with Crippen molar-refractivity contribution in [2.45, 2.75) is 19.4 Å². The van der Waals surface area contributed by atoms with E-state index in [0.29, 0.717) is 0 Å². The van der Waals surface area contributed by atoms with Gasteiger partial charge in [-0.05, 0) is 52.0 Å². The highest BCUT2D eigenvalue weighted by Gasteiger charge is 2.21. The van der Waals surface area contributed by atoms with Crippen LogP contribution in [0.2, 0.25) is 0 Å². The first kappa shape index (κ1) is 12.9. The first-order valence-electron chi connectivity index (χ1n) is 6.35. The molecule has 0 unspecified atom stereocenters. The van der Waals surface area contributed by atoms with Crippen molar-refractivity contribution < 1.29 is 4.79 Å². The van der Waals surface area contributed by atoms with Crippen LogP contribution in [0, 0.1) is 0 Å². The van der Waals surface area contributed by atoms with E-state index in [2.05, 4.69) is 40.2 Å². The zero-order valence-electron chi connectivity index (χ0n) is 10.4. The molecule has 1 aliphatic heterocycles. The van der Waals surface area contributed by atoms with Crippen LogP contribution in [0.5, 0.6) is 0 Å². The molecule has 0 radical (unpaired) electrons. The molecule has 1 aromatic heterocycles. The predicted octanol–water partition coefficient (Wildman–Crippen LogP) is 4.10. The van der Waals surface area contributed by atoms with Crippen LogP contribution in [0.1, 0.15) is 27.2 Å². The zero-order chi connectivity index (χ0) is 13.2. The topological polar surface area (TPSA) is 20.3 Å². The van der Waals surface area contributed by atoms with E-state index in [1.807, 2.05) is 17.0 Å². The minimum Gasteiger partial charge on any atom is -0.334 e. The Morgan fingerprint density at radius 1 is 1.16 bits per heavy atom. The number of benzene rings is 1. The molecule has 0 aliphatic carbocycles. The molecule has 0 atom stereocenters. The highest BCUT2D eigenvalue weighted by atomic mass is 79.9. The van der Waals surface area contributed by atoms with Crippen molar-refractivity contribution >= 4 is 33.2 Å². The van der Waals surface area contributed by atoms with Gasteiger partial charge in [-0.1, -0.05) is 24.3 Å². The Morgan fingerprint density at radius 2 is 1.95 bits per heavy atom. The number of hydrogen-bond donors (Lipinski definition) is 0. The second-order valence-electron chi connectivity index (χ2n) is 4.70. The Labute approximate surface area is 125 Å². The van der Waals surface area contributed by atoms with Crippen LogP contribution in [0.15, 0.2) is 40.2 Å². The van der Waals surface area contributed by atoms with Crippen LogP contribution < -0.4 is 0 Å². The summed E-state index contributed by atoms with van der Waals surface area (Å²) in [4.78, 5) is 15.3. The molecule has 2 heterocycles. The van der Waals surface area contributed by atoms with Gasteiger partial charge < -0.3 is 4.90 Å². The van der Waals surface area contributed by atoms with Crippen LogP contribution in [0.25, 0.3) is 0 Å². The third kappa shape index (κ3) is 2.74. The molecule has 0 N–H and O–H groups in total. The quantitative estimate of drug-likeness (QED) is 0.768. The highest BCUT2D eigenvalue weighted by Crippen LogP contribution is 2.25. The van der Waals surface area contributed by atoms with Crippen LogP contribution in [0.4, 0.5) is 0 Å². The van der Waals surface area contributed by atoms with Crippen molar-refractivity contribution in [3.8, 4) is 0 Å². The standard InChI is InChI=1S/C15H14BrNOS/c16-14-8-7-13(19-14)15(18)17-9-3-6-11-4-1-2-5-12(11)10-17/h1-2,4-5,7-8H,3,6,9-10H2. The van der Waals surface area contributed by atoms with Crippen LogP contribution >= 0.6 is 27.3 Å². The fourth-order valence-corrected chi connectivity index (χ4v) is 3.81. The number of carbonyl (C=O) groups excluding carboxylic acids is 1. The lowest BCUT2D eigenvalue weighted by Crippen LogP contribution is -2.30. The van der Waals surface area contributed by atoms with E-state index in [9.17, 15) is 4.79 Å². The number of thiophene rings is 1. The Bertz CT molecular complexity index is 608. The van der Waals surface area contributed by atoms with Gasteiger partial charge in [0, 0.05) is 13.1 Å². The number of amides is 1. The molecule has 98 valence electrons. The summed E-state index contributed by atoms with van der Waals surface area (Å²) >= 11 is 4.92. The average molecular weight is 336 g/mol. The number of rotatable bonds is 1. The number of hydrogen-bond acceptors (Lipinski definition) is 2. The molecule has 3 rings (SSSR count). The van der Waals surface area contributed by atoms with Gasteiger partial charge in [-0.25, -0.2) is 0 Å². The SMILES string of the molecule is O=C(c1ccc(Br)s1)N1CCCc2ccccc2C1. The number of nitrogens with zero attached hydrogens (tertiary/aromatic N) is 1. The summed E-state index contributed by atoms with van der Waals surface area (Å²) in [7, 11) is 0. The summed E-state index contributed by atoms with van der Waals surface area (Å²) in [6, 6.07) is 12.3. The highest BCUT2D eigenvalue weighted by molar-refractivity contribution is 9.11. The maximum Gasteiger partial charge on any atom is 0.264 e. The van der Waals surface area contributed by atoms with Gasteiger partial charge >= 0.3 is 0 Å². The molecular weight excluding hydrogens is 322 g/mol. The van der Waals surface area contributed by atoms with Crippen LogP contribution in [0.3, 0.4) is 0 Å². The van der Waals surface area contributed by atoms with E-state index < -0.39 is 0 Å². The second-order valence-corrected chi connectivity index (χ2v) is 7.17. The number of halogens is 1. The summed E-state index contributed by atoms with van der Waals surface area (Å²) in [5, 5.41) is 0. The van der Waals surface area contributed by atoms with Gasteiger partial charge in [-0.2, -0.15) is 0 Å². The Hall–Kier alpha value is -1.13. The van der Waals surface area contributed by atoms with Gasteiger partial charge in [-0.3, -0.25) is 4.79 Å². The van der Waals surface area contributed by atoms with Gasteiger partial charge in [0.15, 0.2) is 0 Å². The van der Waals surface area contributed by atoms with Crippen molar-refractivity contribution in [3.05, 3.63) is 56.2 Å². The molecular formula is C15H14BrNOS. The van der Waals surface area contributed by atoms with E-state index in [4.69, 9.17) is 0 Å². The van der Waals surface area contributed by atoms with Crippen molar-refractivity contribution in [2.24, 2.45) is 0 Å². The monoisotopic (exact) mass is 335 g/mol. The van der Waals surface area contributed by atoms with E-state index in [1.165, 1.54) is 22.5 Å². The average Bonchev–Trinajstić information content (AvgIpc) is 2.74. The molecule has 4 heteroatoms. The Balaban J connectivity index is 1.84. The maximum atomic E-state index is 12.5. The van der Waals surface area contributed by atoms with E-state index in [-0.39, 0.29) is 5.91 Å². The first-order valence-corrected chi connectivity index (χ1v) is 7.96. The Kier molecular flexibility index (Phi) is 3.71. The Morgan fingerprint density at radius 3 is 2.68 bits per heavy atom. The van der Waals surface area contributed by atoms with Gasteiger partial charge in [0.2, 0.25) is 0 Å². The molecule has 0 saturated heterocycles. The predicted molar refractivity (Wildman–Crippen MR) is 81.5 cm³/mol. The van der Waals surface area contributed by atoms with E-state index >= 15 is 0 Å². The van der Waals surface area contributed by atoms with Crippen molar-refractivity contribution in [3.63, 3.8) is 0 Å². The van der Waals surface area contributed by atoms with Gasteiger partial charge in [0.25, 0.3) is 5.91 Å². The van der Waals surface area contributed by atoms with Crippen molar-refractivity contribution in [1.82, 2.24) is 4.90 Å². The molecule has 0 spiro atoms. The van der Waals surface area contributed by atoms with Crippen LogP contribution in [-0.2, 0) is 13.0 Å². The summed E-state index contributed by atoms with van der Waals surface area (Å²) in [5.41, 5.74) is 2.66. The smallest absolute Gasteiger partial charge is 0.264 e. The molecule has 2 aromatic rings. The van der Waals surface area contributed by atoms with Crippen molar-refractivity contribution in [1.29, 1.82) is 0 Å². The fraction of sp³-hybridized carbons (Fsp3) is 0.267. The number of carbonyl (C=O) groups is 1. The molecule has 0 fully saturated rings. The zero-order valence-corrected chi connectivity index (χ0v) is 12.8. The lowest BCUT2D eigenvalue weighted by molar-refractivity contribution is 0.0751. The van der Waals surface area contributed by atoms with E-state index in [1.54, 1.807) is 0 Å². The van der Waals surface area contributed by atoms with Gasteiger partial charge in [0.05, 0.1) is 8.66 Å². The van der Waals surface area contributed by atoms with E-state index in [0.717, 1.165) is 34.6 Å².